The van der Waals surface area contributed by atoms with E-state index < -0.39 is 5.91 Å². The summed E-state index contributed by atoms with van der Waals surface area (Å²) in [5, 5.41) is 3.07. The third-order valence-electron chi connectivity index (χ3n) is 2.75. The fourth-order valence-electron chi connectivity index (χ4n) is 1.58. The molecule has 1 rings (SSSR count). The van der Waals surface area contributed by atoms with E-state index in [9.17, 15) is 9.18 Å². The Balaban J connectivity index is 2.28. The van der Waals surface area contributed by atoms with Gasteiger partial charge in [-0.1, -0.05) is 0 Å². The van der Waals surface area contributed by atoms with Crippen molar-refractivity contribution in [2.75, 3.05) is 40.4 Å². The molecule has 0 saturated carbocycles. The first kappa shape index (κ1) is 16.6. The van der Waals surface area contributed by atoms with Gasteiger partial charge in [-0.2, -0.15) is 0 Å². The van der Waals surface area contributed by atoms with Crippen LogP contribution in [0.25, 0.3) is 0 Å². The van der Waals surface area contributed by atoms with Crippen LogP contribution in [0.15, 0.2) is 18.2 Å². The van der Waals surface area contributed by atoms with Crippen molar-refractivity contribution in [1.82, 2.24) is 10.2 Å². The van der Waals surface area contributed by atoms with E-state index in [2.05, 4.69) is 5.32 Å². The number of primary amides is 1. The van der Waals surface area contributed by atoms with Crippen molar-refractivity contribution in [1.29, 1.82) is 0 Å². The van der Waals surface area contributed by atoms with Crippen molar-refractivity contribution in [3.8, 4) is 0 Å². The molecule has 0 fully saturated rings. The number of hydrogen-bond acceptors (Lipinski definition) is 4. The number of benzene rings is 1. The van der Waals surface area contributed by atoms with Gasteiger partial charge in [0.1, 0.15) is 5.82 Å². The first-order chi connectivity index (χ1) is 9.50. The second kappa shape index (κ2) is 8.63. The molecule has 0 aromatic heterocycles. The molecular formula is C14H22FN3O2. The van der Waals surface area contributed by atoms with Crippen molar-refractivity contribution in [2.24, 2.45) is 5.73 Å². The Bertz CT molecular complexity index is 438. The minimum absolute atomic E-state index is 0.311. The molecule has 0 aliphatic carbocycles. The number of nitrogens with two attached hydrogens (primary N) is 1. The van der Waals surface area contributed by atoms with Gasteiger partial charge in [0.25, 0.3) is 0 Å². The van der Waals surface area contributed by atoms with Crippen LogP contribution in [0.2, 0.25) is 0 Å². The number of amides is 1. The Kier molecular flexibility index (Phi) is 7.14. The number of carbonyl (C=O) groups excluding carboxylic acids is 1. The molecule has 1 aromatic rings. The molecule has 6 heteroatoms. The number of likely N-dealkylation sites (N-methyl/N-ethyl adjacent to an activating group) is 1. The van der Waals surface area contributed by atoms with Crippen molar-refractivity contribution in [2.45, 2.75) is 6.54 Å². The summed E-state index contributed by atoms with van der Waals surface area (Å²) < 4.78 is 18.9. The maximum atomic E-state index is 13.5. The third-order valence-corrected chi connectivity index (χ3v) is 2.75. The molecule has 0 bridgehead atoms. The summed E-state index contributed by atoms with van der Waals surface area (Å²) >= 11 is 0. The number of nitrogens with zero attached hydrogens (tertiary/aromatic N) is 1. The lowest BCUT2D eigenvalue weighted by molar-refractivity contribution is 0.1000. The van der Waals surface area contributed by atoms with Gasteiger partial charge in [-0.15, -0.1) is 0 Å². The Labute approximate surface area is 118 Å². The fourth-order valence-corrected chi connectivity index (χ4v) is 1.58. The summed E-state index contributed by atoms with van der Waals surface area (Å²) in [5.41, 5.74) is 5.90. The second-order valence-electron chi connectivity index (χ2n) is 4.76. The van der Waals surface area contributed by atoms with Crippen LogP contribution in [0.3, 0.4) is 0 Å². The molecule has 5 nitrogen and oxygen atoms in total. The summed E-state index contributed by atoms with van der Waals surface area (Å²) in [7, 11) is 3.96. The maximum Gasteiger partial charge on any atom is 0.248 e. The summed E-state index contributed by atoms with van der Waals surface area (Å²) in [6, 6.07) is 4.10. The number of halogens is 1. The summed E-state index contributed by atoms with van der Waals surface area (Å²) in [4.78, 5) is 13.1. The minimum atomic E-state index is -0.557. The van der Waals surface area contributed by atoms with E-state index in [0.717, 1.165) is 6.54 Å². The molecular weight excluding hydrogens is 261 g/mol. The number of rotatable bonds is 9. The van der Waals surface area contributed by atoms with Crippen molar-refractivity contribution in [3.63, 3.8) is 0 Å². The Morgan fingerprint density at radius 1 is 1.40 bits per heavy atom. The smallest absolute Gasteiger partial charge is 0.248 e. The van der Waals surface area contributed by atoms with Gasteiger partial charge in [0, 0.05) is 30.8 Å². The van der Waals surface area contributed by atoms with Crippen LogP contribution in [0.4, 0.5) is 4.39 Å². The molecule has 3 N–H and O–H groups in total. The van der Waals surface area contributed by atoms with Gasteiger partial charge in [-0.3, -0.25) is 4.79 Å². The van der Waals surface area contributed by atoms with Gasteiger partial charge < -0.3 is 20.7 Å². The number of hydrogen-bond donors (Lipinski definition) is 2. The summed E-state index contributed by atoms with van der Waals surface area (Å²) in [5.74, 6) is -0.908. The highest BCUT2D eigenvalue weighted by molar-refractivity contribution is 5.92. The lowest BCUT2D eigenvalue weighted by atomic mass is 10.1. The molecule has 0 spiro atoms. The highest BCUT2D eigenvalue weighted by Gasteiger charge is 2.06. The summed E-state index contributed by atoms with van der Waals surface area (Å²) in [6.07, 6.45) is 0. The molecule has 1 amide bonds. The predicted octanol–water partition coefficient (Wildman–Crippen LogP) is 0.592. The van der Waals surface area contributed by atoms with Crippen LogP contribution >= 0.6 is 0 Å². The molecule has 20 heavy (non-hydrogen) atoms. The molecule has 0 radical (unpaired) electrons. The van der Waals surface area contributed by atoms with E-state index in [0.29, 0.717) is 37.4 Å². The average Bonchev–Trinajstić information content (AvgIpc) is 2.38. The van der Waals surface area contributed by atoms with Gasteiger partial charge in [-0.05, 0) is 32.3 Å². The van der Waals surface area contributed by atoms with E-state index in [4.69, 9.17) is 10.5 Å². The highest BCUT2D eigenvalue weighted by atomic mass is 19.1. The molecule has 0 aliphatic heterocycles. The van der Waals surface area contributed by atoms with Gasteiger partial charge in [0.2, 0.25) is 5.91 Å². The number of ether oxygens (including phenoxy) is 1. The molecule has 0 aliphatic rings. The van der Waals surface area contributed by atoms with E-state index in [-0.39, 0.29) is 5.82 Å². The highest BCUT2D eigenvalue weighted by Crippen LogP contribution is 2.10. The second-order valence-corrected chi connectivity index (χ2v) is 4.76. The van der Waals surface area contributed by atoms with Crippen molar-refractivity contribution >= 4 is 5.91 Å². The van der Waals surface area contributed by atoms with E-state index in [1.807, 2.05) is 19.0 Å². The molecule has 1 aromatic carbocycles. The Morgan fingerprint density at radius 3 is 2.80 bits per heavy atom. The molecule has 0 atom stereocenters. The van der Waals surface area contributed by atoms with Gasteiger partial charge in [0.15, 0.2) is 0 Å². The van der Waals surface area contributed by atoms with Crippen LogP contribution in [0.1, 0.15) is 15.9 Å². The van der Waals surface area contributed by atoms with Crippen LogP contribution in [-0.4, -0.2) is 51.2 Å². The molecule has 112 valence electrons. The summed E-state index contributed by atoms with van der Waals surface area (Å²) in [6.45, 7) is 3.05. The van der Waals surface area contributed by atoms with Crippen LogP contribution in [-0.2, 0) is 11.3 Å². The number of nitrogens with one attached hydrogen (secondary N) is 1. The van der Waals surface area contributed by atoms with Gasteiger partial charge in [0.05, 0.1) is 13.2 Å². The zero-order chi connectivity index (χ0) is 15.0. The van der Waals surface area contributed by atoms with Crippen molar-refractivity contribution < 1.29 is 13.9 Å². The Morgan fingerprint density at radius 2 is 2.15 bits per heavy atom. The normalized spacial score (nSPS) is 11.0. The molecule has 0 heterocycles. The van der Waals surface area contributed by atoms with E-state index >= 15 is 0 Å². The lowest BCUT2D eigenvalue weighted by Crippen LogP contribution is -2.23. The average molecular weight is 283 g/mol. The first-order valence-corrected chi connectivity index (χ1v) is 6.52. The van der Waals surface area contributed by atoms with Crippen LogP contribution in [0.5, 0.6) is 0 Å². The van der Waals surface area contributed by atoms with Crippen LogP contribution < -0.4 is 11.1 Å². The van der Waals surface area contributed by atoms with Gasteiger partial charge in [-0.25, -0.2) is 4.39 Å². The Hall–Kier alpha value is -1.50. The van der Waals surface area contributed by atoms with E-state index in [1.165, 1.54) is 18.2 Å². The standard InChI is InChI=1S/C14H22FN3O2/c1-18(2)6-8-20-7-5-17-10-12-9-11(14(16)19)3-4-13(12)15/h3-4,9,17H,5-8,10H2,1-2H3,(H2,16,19). The first-order valence-electron chi connectivity index (χ1n) is 6.52. The predicted molar refractivity (Wildman–Crippen MR) is 76.0 cm³/mol. The van der Waals surface area contributed by atoms with Crippen LogP contribution in [0, 0.1) is 5.82 Å². The zero-order valence-electron chi connectivity index (χ0n) is 12.0. The molecule has 0 saturated heterocycles. The monoisotopic (exact) mass is 283 g/mol. The maximum absolute atomic E-state index is 13.5. The topological polar surface area (TPSA) is 67.6 Å². The van der Waals surface area contributed by atoms with Gasteiger partial charge >= 0.3 is 0 Å². The van der Waals surface area contributed by atoms with Crippen molar-refractivity contribution in [3.05, 3.63) is 35.1 Å². The minimum Gasteiger partial charge on any atom is -0.379 e. The fraction of sp³-hybridized carbons (Fsp3) is 0.500. The third kappa shape index (κ3) is 6.10. The number of carbonyl (C=O) groups is 1. The molecule has 0 unspecified atom stereocenters. The lowest BCUT2D eigenvalue weighted by Gasteiger charge is -2.10. The van der Waals surface area contributed by atoms with E-state index in [1.54, 1.807) is 0 Å². The largest absolute Gasteiger partial charge is 0.379 e. The SMILES string of the molecule is CN(C)CCOCCNCc1cc(C(N)=O)ccc1F. The quantitative estimate of drug-likeness (QED) is 0.651. The zero-order valence-corrected chi connectivity index (χ0v) is 12.0.